The highest BCUT2D eigenvalue weighted by atomic mass is 35.5. The van der Waals surface area contributed by atoms with Crippen molar-refractivity contribution in [3.05, 3.63) is 58.9 Å². The van der Waals surface area contributed by atoms with E-state index in [-0.39, 0.29) is 5.91 Å². The van der Waals surface area contributed by atoms with Gasteiger partial charge in [-0.05, 0) is 36.8 Å². The summed E-state index contributed by atoms with van der Waals surface area (Å²) in [6, 6.07) is 8.85. The average Bonchev–Trinajstić information content (AvgIpc) is 2.30. The standard InChI is InChI=1S/C13H11ClN2O/c1-9-4-5-11(12(14)7-9)13(17)16-10-3-2-6-15-8-10/h2-8H,1H3,(H,16,17). The number of hydrogen-bond donors (Lipinski definition) is 1. The molecule has 1 amide bonds. The highest BCUT2D eigenvalue weighted by Gasteiger charge is 2.10. The molecule has 0 aliphatic carbocycles. The number of nitrogens with one attached hydrogen (secondary N) is 1. The van der Waals surface area contributed by atoms with E-state index in [9.17, 15) is 4.79 Å². The predicted octanol–water partition coefficient (Wildman–Crippen LogP) is 3.30. The van der Waals surface area contributed by atoms with Gasteiger partial charge in [-0.1, -0.05) is 17.7 Å². The Balaban J connectivity index is 2.21. The van der Waals surface area contributed by atoms with E-state index in [4.69, 9.17) is 11.6 Å². The van der Waals surface area contributed by atoms with E-state index < -0.39 is 0 Å². The van der Waals surface area contributed by atoms with Gasteiger partial charge in [-0.2, -0.15) is 0 Å². The molecule has 17 heavy (non-hydrogen) atoms. The number of hydrogen-bond acceptors (Lipinski definition) is 2. The molecule has 1 aromatic carbocycles. The fourth-order valence-electron chi connectivity index (χ4n) is 1.44. The van der Waals surface area contributed by atoms with Gasteiger partial charge in [0.15, 0.2) is 0 Å². The summed E-state index contributed by atoms with van der Waals surface area (Å²) in [5.41, 5.74) is 2.13. The number of carbonyl (C=O) groups excluding carboxylic acids is 1. The first-order valence-corrected chi connectivity index (χ1v) is 5.52. The zero-order chi connectivity index (χ0) is 12.3. The molecule has 0 saturated heterocycles. The van der Waals surface area contributed by atoms with Gasteiger partial charge in [0.1, 0.15) is 0 Å². The quantitative estimate of drug-likeness (QED) is 0.884. The van der Waals surface area contributed by atoms with Crippen LogP contribution in [0.1, 0.15) is 15.9 Å². The highest BCUT2D eigenvalue weighted by Crippen LogP contribution is 2.18. The molecule has 4 heteroatoms. The Kier molecular flexibility index (Phi) is 3.40. The predicted molar refractivity (Wildman–Crippen MR) is 68.4 cm³/mol. The van der Waals surface area contributed by atoms with Crippen LogP contribution in [0.4, 0.5) is 5.69 Å². The number of halogens is 1. The molecule has 0 fully saturated rings. The number of nitrogens with zero attached hydrogens (tertiary/aromatic N) is 1. The van der Waals surface area contributed by atoms with Crippen LogP contribution in [0.5, 0.6) is 0 Å². The number of anilines is 1. The van der Waals surface area contributed by atoms with Crippen molar-refractivity contribution in [2.45, 2.75) is 6.92 Å². The second-order valence-electron chi connectivity index (χ2n) is 3.68. The first-order chi connectivity index (χ1) is 8.16. The van der Waals surface area contributed by atoms with Crippen LogP contribution in [-0.2, 0) is 0 Å². The maximum atomic E-state index is 11.9. The molecule has 86 valence electrons. The lowest BCUT2D eigenvalue weighted by molar-refractivity contribution is 0.102. The third kappa shape index (κ3) is 2.82. The van der Waals surface area contributed by atoms with Crippen molar-refractivity contribution in [1.29, 1.82) is 0 Å². The first kappa shape index (κ1) is 11.6. The van der Waals surface area contributed by atoms with Gasteiger partial charge in [-0.25, -0.2) is 0 Å². The minimum atomic E-state index is -0.233. The summed E-state index contributed by atoms with van der Waals surface area (Å²) < 4.78 is 0. The average molecular weight is 247 g/mol. The molecule has 2 aromatic rings. The van der Waals surface area contributed by atoms with Crippen LogP contribution < -0.4 is 5.32 Å². The van der Waals surface area contributed by atoms with Gasteiger partial charge < -0.3 is 5.32 Å². The van der Waals surface area contributed by atoms with Crippen LogP contribution in [0, 0.1) is 6.92 Å². The summed E-state index contributed by atoms with van der Waals surface area (Å²) >= 11 is 6.01. The molecule has 3 nitrogen and oxygen atoms in total. The van der Waals surface area contributed by atoms with Gasteiger partial charge in [-0.3, -0.25) is 9.78 Å². The number of benzene rings is 1. The number of rotatable bonds is 2. The first-order valence-electron chi connectivity index (χ1n) is 5.14. The van der Waals surface area contributed by atoms with Crippen molar-refractivity contribution in [2.24, 2.45) is 0 Å². The maximum absolute atomic E-state index is 11.9. The third-order valence-corrected chi connectivity index (χ3v) is 2.60. The van der Waals surface area contributed by atoms with Crippen molar-refractivity contribution in [2.75, 3.05) is 5.32 Å². The summed E-state index contributed by atoms with van der Waals surface area (Å²) in [4.78, 5) is 15.8. The topological polar surface area (TPSA) is 42.0 Å². The van der Waals surface area contributed by atoms with E-state index in [1.807, 2.05) is 13.0 Å². The molecule has 0 radical (unpaired) electrons. The Morgan fingerprint density at radius 1 is 1.35 bits per heavy atom. The van der Waals surface area contributed by atoms with Gasteiger partial charge in [0, 0.05) is 6.20 Å². The molecule has 0 aliphatic heterocycles. The van der Waals surface area contributed by atoms with E-state index in [1.165, 1.54) is 0 Å². The SMILES string of the molecule is Cc1ccc(C(=O)Nc2cccnc2)c(Cl)c1. The number of carbonyl (C=O) groups is 1. The Morgan fingerprint density at radius 3 is 2.82 bits per heavy atom. The molecule has 0 saturated carbocycles. The Labute approximate surface area is 104 Å². The fraction of sp³-hybridized carbons (Fsp3) is 0.0769. The summed E-state index contributed by atoms with van der Waals surface area (Å²) in [5, 5.41) is 3.18. The molecule has 1 heterocycles. The number of pyridine rings is 1. The zero-order valence-electron chi connectivity index (χ0n) is 9.27. The third-order valence-electron chi connectivity index (χ3n) is 2.29. The molecule has 0 aliphatic rings. The van der Waals surface area contributed by atoms with Crippen molar-refractivity contribution in [3.63, 3.8) is 0 Å². The van der Waals surface area contributed by atoms with Crippen molar-refractivity contribution < 1.29 is 4.79 Å². The maximum Gasteiger partial charge on any atom is 0.257 e. The van der Waals surface area contributed by atoms with Gasteiger partial charge >= 0.3 is 0 Å². The molecule has 1 aromatic heterocycles. The van der Waals surface area contributed by atoms with Crippen LogP contribution in [0.15, 0.2) is 42.7 Å². The van der Waals surface area contributed by atoms with E-state index >= 15 is 0 Å². The van der Waals surface area contributed by atoms with Gasteiger partial charge in [0.2, 0.25) is 0 Å². The Hall–Kier alpha value is -1.87. The molecule has 0 atom stereocenters. The van der Waals surface area contributed by atoms with Crippen LogP contribution in [0.25, 0.3) is 0 Å². The smallest absolute Gasteiger partial charge is 0.257 e. The summed E-state index contributed by atoms with van der Waals surface area (Å²) in [6.07, 6.45) is 3.23. The molecular formula is C13H11ClN2O. The summed E-state index contributed by atoms with van der Waals surface area (Å²) in [5.74, 6) is -0.233. The van der Waals surface area contributed by atoms with E-state index in [1.54, 1.807) is 36.7 Å². The molecule has 0 bridgehead atoms. The largest absolute Gasteiger partial charge is 0.321 e. The van der Waals surface area contributed by atoms with Crippen LogP contribution >= 0.6 is 11.6 Å². The second-order valence-corrected chi connectivity index (χ2v) is 4.09. The number of aromatic nitrogens is 1. The van der Waals surface area contributed by atoms with Gasteiger partial charge in [-0.15, -0.1) is 0 Å². The molecular weight excluding hydrogens is 236 g/mol. The summed E-state index contributed by atoms with van der Waals surface area (Å²) in [6.45, 7) is 1.93. The monoisotopic (exact) mass is 246 g/mol. The zero-order valence-corrected chi connectivity index (χ0v) is 10.0. The highest BCUT2D eigenvalue weighted by molar-refractivity contribution is 6.34. The normalized spacial score (nSPS) is 10.0. The van der Waals surface area contributed by atoms with Gasteiger partial charge in [0.25, 0.3) is 5.91 Å². The van der Waals surface area contributed by atoms with Crippen molar-refractivity contribution in [3.8, 4) is 0 Å². The molecule has 1 N–H and O–H groups in total. The lowest BCUT2D eigenvalue weighted by Gasteiger charge is -2.06. The number of amides is 1. The molecule has 0 unspecified atom stereocenters. The minimum absolute atomic E-state index is 0.233. The number of aryl methyl sites for hydroxylation is 1. The van der Waals surface area contributed by atoms with Crippen LogP contribution in [0.3, 0.4) is 0 Å². The van der Waals surface area contributed by atoms with E-state index in [0.717, 1.165) is 5.56 Å². The van der Waals surface area contributed by atoms with Crippen molar-refractivity contribution in [1.82, 2.24) is 4.98 Å². The molecule has 0 spiro atoms. The van der Waals surface area contributed by atoms with Crippen LogP contribution in [0.2, 0.25) is 5.02 Å². The van der Waals surface area contributed by atoms with Crippen LogP contribution in [-0.4, -0.2) is 10.9 Å². The fourth-order valence-corrected chi connectivity index (χ4v) is 1.76. The summed E-state index contributed by atoms with van der Waals surface area (Å²) in [7, 11) is 0. The van der Waals surface area contributed by atoms with Crippen molar-refractivity contribution >= 4 is 23.2 Å². The lowest BCUT2D eigenvalue weighted by Crippen LogP contribution is -2.12. The Morgan fingerprint density at radius 2 is 2.18 bits per heavy atom. The van der Waals surface area contributed by atoms with Gasteiger partial charge in [0.05, 0.1) is 22.5 Å². The second kappa shape index (κ2) is 4.97. The lowest BCUT2D eigenvalue weighted by atomic mass is 10.1. The molecule has 2 rings (SSSR count). The van der Waals surface area contributed by atoms with E-state index in [2.05, 4.69) is 10.3 Å². The van der Waals surface area contributed by atoms with E-state index in [0.29, 0.717) is 16.3 Å². The Bertz CT molecular complexity index is 540. The minimum Gasteiger partial charge on any atom is -0.321 e.